The van der Waals surface area contributed by atoms with Crippen LogP contribution in [0, 0.1) is 5.82 Å². The molecular weight excluding hydrogens is 193 g/mol. The number of allylic oxidation sites excluding steroid dienone is 1. The maximum Gasteiger partial charge on any atom is 0.141 e. The van der Waals surface area contributed by atoms with Crippen LogP contribution in [-0.2, 0) is 0 Å². The number of nitrogens with two attached hydrogens (primary N) is 1. The van der Waals surface area contributed by atoms with Crippen LogP contribution >= 0.6 is 0 Å². The molecule has 1 aromatic heterocycles. The van der Waals surface area contributed by atoms with Gasteiger partial charge in [-0.1, -0.05) is 5.57 Å². The normalized spacial score (nSPS) is 12.5. The minimum Gasteiger partial charge on any atom is -0.271 e. The number of rotatable bonds is 5. The van der Waals surface area contributed by atoms with Crippen molar-refractivity contribution in [3.63, 3.8) is 0 Å². The lowest BCUT2D eigenvalue weighted by Crippen LogP contribution is -2.28. The number of aromatic nitrogens is 1. The minimum atomic E-state index is -0.344. The van der Waals surface area contributed by atoms with E-state index in [1.54, 1.807) is 6.20 Å². The van der Waals surface area contributed by atoms with Gasteiger partial charge >= 0.3 is 0 Å². The number of nitrogens with zero attached hydrogens (tertiary/aromatic N) is 1. The predicted octanol–water partition coefficient (Wildman–Crippen LogP) is 2.08. The van der Waals surface area contributed by atoms with E-state index in [1.165, 1.54) is 12.3 Å². The highest BCUT2D eigenvalue weighted by Crippen LogP contribution is 2.19. The zero-order chi connectivity index (χ0) is 11.3. The zero-order valence-corrected chi connectivity index (χ0v) is 8.83. The zero-order valence-electron chi connectivity index (χ0n) is 8.83. The fourth-order valence-corrected chi connectivity index (χ4v) is 1.36. The van der Waals surface area contributed by atoms with Crippen molar-refractivity contribution >= 4 is 0 Å². The van der Waals surface area contributed by atoms with Crippen LogP contribution in [-0.4, -0.2) is 4.98 Å². The monoisotopic (exact) mass is 209 g/mol. The second-order valence-corrected chi connectivity index (χ2v) is 3.65. The maximum absolute atomic E-state index is 12.9. The van der Waals surface area contributed by atoms with E-state index in [9.17, 15) is 4.39 Å². The standard InChI is InChI=1S/C11H16FN3/c1-8(2)3-4-11(15-13)9-5-10(12)7-14-6-9/h5-7,11,15H,1,3-4,13H2,2H3. The molecular formula is C11H16FN3. The SMILES string of the molecule is C=C(C)CCC(NN)c1cncc(F)c1. The highest BCUT2D eigenvalue weighted by atomic mass is 19.1. The summed E-state index contributed by atoms with van der Waals surface area (Å²) in [5.74, 6) is 5.07. The molecule has 0 aliphatic rings. The van der Waals surface area contributed by atoms with E-state index in [4.69, 9.17) is 5.84 Å². The van der Waals surface area contributed by atoms with Crippen molar-refractivity contribution in [2.75, 3.05) is 0 Å². The Kier molecular flexibility index (Phi) is 4.39. The second kappa shape index (κ2) is 5.58. The summed E-state index contributed by atoms with van der Waals surface area (Å²) in [6.07, 6.45) is 4.43. The van der Waals surface area contributed by atoms with Crippen LogP contribution in [0.4, 0.5) is 4.39 Å². The Morgan fingerprint density at radius 1 is 1.67 bits per heavy atom. The predicted molar refractivity (Wildman–Crippen MR) is 58.3 cm³/mol. The number of hydrogen-bond acceptors (Lipinski definition) is 3. The Labute approximate surface area is 89.2 Å². The van der Waals surface area contributed by atoms with Crippen molar-refractivity contribution in [1.82, 2.24) is 10.4 Å². The first-order valence-corrected chi connectivity index (χ1v) is 4.84. The van der Waals surface area contributed by atoms with Crippen LogP contribution in [0.3, 0.4) is 0 Å². The smallest absolute Gasteiger partial charge is 0.141 e. The van der Waals surface area contributed by atoms with Crippen LogP contribution in [0.1, 0.15) is 31.4 Å². The quantitative estimate of drug-likeness (QED) is 0.443. The summed E-state index contributed by atoms with van der Waals surface area (Å²) >= 11 is 0. The van der Waals surface area contributed by atoms with E-state index in [-0.39, 0.29) is 11.9 Å². The van der Waals surface area contributed by atoms with Crippen molar-refractivity contribution in [2.45, 2.75) is 25.8 Å². The summed E-state index contributed by atoms with van der Waals surface area (Å²) in [6.45, 7) is 5.77. The molecule has 1 aromatic rings. The summed E-state index contributed by atoms with van der Waals surface area (Å²) < 4.78 is 12.9. The Hall–Kier alpha value is -1.26. The van der Waals surface area contributed by atoms with Gasteiger partial charge in [-0.25, -0.2) is 4.39 Å². The van der Waals surface area contributed by atoms with Crippen molar-refractivity contribution in [1.29, 1.82) is 0 Å². The number of nitrogens with one attached hydrogen (secondary N) is 1. The molecule has 0 spiro atoms. The Balaban J connectivity index is 2.69. The van der Waals surface area contributed by atoms with Crippen LogP contribution < -0.4 is 11.3 Å². The third-order valence-electron chi connectivity index (χ3n) is 2.19. The van der Waals surface area contributed by atoms with Crippen LogP contribution in [0.5, 0.6) is 0 Å². The lowest BCUT2D eigenvalue weighted by molar-refractivity contribution is 0.508. The molecule has 4 heteroatoms. The summed E-state index contributed by atoms with van der Waals surface area (Å²) in [5.41, 5.74) is 4.50. The molecule has 82 valence electrons. The molecule has 0 radical (unpaired) electrons. The largest absolute Gasteiger partial charge is 0.271 e. The van der Waals surface area contributed by atoms with Crippen molar-refractivity contribution in [3.05, 3.63) is 42.0 Å². The third-order valence-corrected chi connectivity index (χ3v) is 2.19. The molecule has 3 N–H and O–H groups in total. The lowest BCUT2D eigenvalue weighted by Gasteiger charge is -2.15. The fourth-order valence-electron chi connectivity index (χ4n) is 1.36. The van der Waals surface area contributed by atoms with Gasteiger partial charge in [0.05, 0.1) is 6.20 Å². The molecule has 1 heterocycles. The van der Waals surface area contributed by atoms with E-state index in [1.807, 2.05) is 6.92 Å². The van der Waals surface area contributed by atoms with E-state index in [0.717, 1.165) is 24.0 Å². The highest BCUT2D eigenvalue weighted by Gasteiger charge is 2.10. The van der Waals surface area contributed by atoms with Gasteiger partial charge in [0.1, 0.15) is 5.82 Å². The molecule has 3 nitrogen and oxygen atoms in total. The molecule has 15 heavy (non-hydrogen) atoms. The van der Waals surface area contributed by atoms with E-state index >= 15 is 0 Å². The molecule has 0 aliphatic carbocycles. The number of hydrogen-bond donors (Lipinski definition) is 2. The molecule has 1 rings (SSSR count). The second-order valence-electron chi connectivity index (χ2n) is 3.65. The Bertz CT molecular complexity index is 338. The Morgan fingerprint density at radius 3 is 2.93 bits per heavy atom. The first-order chi connectivity index (χ1) is 7.13. The molecule has 0 aromatic carbocycles. The van der Waals surface area contributed by atoms with Gasteiger partial charge in [0.15, 0.2) is 0 Å². The topological polar surface area (TPSA) is 50.9 Å². The van der Waals surface area contributed by atoms with Crippen LogP contribution in [0.25, 0.3) is 0 Å². The molecule has 1 atom stereocenters. The van der Waals surface area contributed by atoms with Crippen LogP contribution in [0.15, 0.2) is 30.6 Å². The molecule has 0 saturated carbocycles. The summed E-state index contributed by atoms with van der Waals surface area (Å²) in [5, 5.41) is 0. The maximum atomic E-state index is 12.9. The van der Waals surface area contributed by atoms with Gasteiger partial charge in [0.2, 0.25) is 0 Å². The van der Waals surface area contributed by atoms with Gasteiger partial charge in [0, 0.05) is 12.2 Å². The van der Waals surface area contributed by atoms with Crippen molar-refractivity contribution in [3.8, 4) is 0 Å². The molecule has 0 fully saturated rings. The molecule has 1 unspecified atom stereocenters. The first kappa shape index (κ1) is 11.8. The van der Waals surface area contributed by atoms with Gasteiger partial charge in [-0.15, -0.1) is 6.58 Å². The minimum absolute atomic E-state index is 0.0788. The first-order valence-electron chi connectivity index (χ1n) is 4.84. The third kappa shape index (κ3) is 3.77. The Morgan fingerprint density at radius 2 is 2.40 bits per heavy atom. The van der Waals surface area contributed by atoms with Gasteiger partial charge in [-0.3, -0.25) is 16.3 Å². The number of pyridine rings is 1. The number of hydrazine groups is 1. The molecule has 0 saturated heterocycles. The van der Waals surface area contributed by atoms with Gasteiger partial charge in [-0.2, -0.15) is 0 Å². The molecule has 0 amide bonds. The van der Waals surface area contributed by atoms with Crippen LogP contribution in [0.2, 0.25) is 0 Å². The average Bonchev–Trinajstić information content (AvgIpc) is 2.18. The molecule has 0 aliphatic heterocycles. The molecule has 0 bridgehead atoms. The van der Waals surface area contributed by atoms with Gasteiger partial charge in [0.25, 0.3) is 0 Å². The number of halogens is 1. The van der Waals surface area contributed by atoms with E-state index in [2.05, 4.69) is 17.0 Å². The highest BCUT2D eigenvalue weighted by molar-refractivity contribution is 5.15. The fraction of sp³-hybridized carbons (Fsp3) is 0.364. The summed E-state index contributed by atoms with van der Waals surface area (Å²) in [4.78, 5) is 3.79. The summed E-state index contributed by atoms with van der Waals surface area (Å²) in [6, 6.07) is 1.36. The summed E-state index contributed by atoms with van der Waals surface area (Å²) in [7, 11) is 0. The van der Waals surface area contributed by atoms with E-state index < -0.39 is 0 Å². The van der Waals surface area contributed by atoms with E-state index in [0.29, 0.717) is 0 Å². The average molecular weight is 209 g/mol. The van der Waals surface area contributed by atoms with Crippen molar-refractivity contribution in [2.24, 2.45) is 5.84 Å². The van der Waals surface area contributed by atoms with Gasteiger partial charge in [-0.05, 0) is 31.4 Å². The van der Waals surface area contributed by atoms with Crippen molar-refractivity contribution < 1.29 is 4.39 Å². The lowest BCUT2D eigenvalue weighted by atomic mass is 10.0. The van der Waals surface area contributed by atoms with Gasteiger partial charge < -0.3 is 0 Å².